The molecular formula is C17H20N2O5. The summed E-state index contributed by atoms with van der Waals surface area (Å²) in [6, 6.07) is 3.73. The zero-order valence-electron chi connectivity index (χ0n) is 14.0. The minimum atomic E-state index is -0.771. The predicted molar refractivity (Wildman–Crippen MR) is 87.4 cm³/mol. The van der Waals surface area contributed by atoms with Gasteiger partial charge in [-0.2, -0.15) is 0 Å². The van der Waals surface area contributed by atoms with Crippen LogP contribution in [0.15, 0.2) is 23.8 Å². The Labute approximate surface area is 139 Å². The Balaban J connectivity index is 2.44. The summed E-state index contributed by atoms with van der Waals surface area (Å²) in [6.07, 6.45) is 1.37. The standard InChI is InChI=1S/C17H20N2O5/c1-5-24-13-9-10(6-7-12(13)20)8-11-14(21)18-16(23)19(15(11)22)17(2,3)4/h6-9,20H,5H2,1-4H3,(H,18,21,23). The third-order valence-corrected chi connectivity index (χ3v) is 3.37. The monoisotopic (exact) mass is 332 g/mol. The number of carbonyl (C=O) groups excluding carboxylic acids is 3. The van der Waals surface area contributed by atoms with Crippen molar-refractivity contribution in [2.24, 2.45) is 0 Å². The number of carbonyl (C=O) groups is 3. The highest BCUT2D eigenvalue weighted by molar-refractivity contribution is 6.31. The lowest BCUT2D eigenvalue weighted by Gasteiger charge is -2.36. The average molecular weight is 332 g/mol. The summed E-state index contributed by atoms with van der Waals surface area (Å²) in [7, 11) is 0. The summed E-state index contributed by atoms with van der Waals surface area (Å²) < 4.78 is 5.28. The summed E-state index contributed by atoms with van der Waals surface area (Å²) in [6.45, 7) is 7.23. The fourth-order valence-corrected chi connectivity index (χ4v) is 2.32. The molecule has 0 unspecified atom stereocenters. The number of benzene rings is 1. The first-order valence-electron chi connectivity index (χ1n) is 7.52. The fourth-order valence-electron chi connectivity index (χ4n) is 2.32. The molecule has 1 aromatic rings. The molecule has 0 atom stereocenters. The highest BCUT2D eigenvalue weighted by Crippen LogP contribution is 2.29. The highest BCUT2D eigenvalue weighted by atomic mass is 16.5. The number of phenolic OH excluding ortho intramolecular Hbond substituents is 1. The van der Waals surface area contributed by atoms with Crippen LogP contribution in [0.3, 0.4) is 0 Å². The van der Waals surface area contributed by atoms with Crippen LogP contribution in [0, 0.1) is 0 Å². The van der Waals surface area contributed by atoms with Gasteiger partial charge in [-0.1, -0.05) is 6.07 Å². The minimum absolute atomic E-state index is 0.0371. The molecule has 0 aliphatic carbocycles. The SMILES string of the molecule is CCOc1cc(C=C2C(=O)NC(=O)N(C(C)(C)C)C2=O)ccc1O. The molecule has 7 nitrogen and oxygen atoms in total. The number of ether oxygens (including phenoxy) is 1. The van der Waals surface area contributed by atoms with Gasteiger partial charge in [-0.3, -0.25) is 19.8 Å². The number of imide groups is 2. The quantitative estimate of drug-likeness (QED) is 0.652. The van der Waals surface area contributed by atoms with Gasteiger partial charge in [-0.15, -0.1) is 0 Å². The smallest absolute Gasteiger partial charge is 0.331 e. The van der Waals surface area contributed by atoms with Crippen LogP contribution in [0.2, 0.25) is 0 Å². The Kier molecular flexibility index (Phi) is 4.64. The molecule has 1 fully saturated rings. The van der Waals surface area contributed by atoms with Crippen molar-refractivity contribution in [1.82, 2.24) is 10.2 Å². The van der Waals surface area contributed by atoms with Gasteiger partial charge < -0.3 is 9.84 Å². The lowest BCUT2D eigenvalue weighted by Crippen LogP contribution is -2.60. The van der Waals surface area contributed by atoms with E-state index in [1.165, 1.54) is 18.2 Å². The van der Waals surface area contributed by atoms with E-state index in [2.05, 4.69) is 5.32 Å². The van der Waals surface area contributed by atoms with Gasteiger partial charge in [0, 0.05) is 5.54 Å². The Morgan fingerprint density at radius 3 is 2.50 bits per heavy atom. The maximum absolute atomic E-state index is 12.6. The molecule has 0 saturated carbocycles. The number of barbiturate groups is 1. The van der Waals surface area contributed by atoms with Gasteiger partial charge in [0.05, 0.1) is 6.61 Å². The molecule has 1 aromatic carbocycles. The van der Waals surface area contributed by atoms with E-state index in [9.17, 15) is 19.5 Å². The van der Waals surface area contributed by atoms with E-state index in [-0.39, 0.29) is 17.1 Å². The molecule has 4 amide bonds. The van der Waals surface area contributed by atoms with E-state index in [0.717, 1.165) is 4.90 Å². The van der Waals surface area contributed by atoms with Crippen LogP contribution < -0.4 is 10.1 Å². The second-order valence-electron chi connectivity index (χ2n) is 6.29. The number of urea groups is 1. The fraction of sp³-hybridized carbons (Fsp3) is 0.353. The molecule has 2 N–H and O–H groups in total. The Hall–Kier alpha value is -2.83. The van der Waals surface area contributed by atoms with E-state index in [1.807, 2.05) is 0 Å². The van der Waals surface area contributed by atoms with Crippen molar-refractivity contribution in [2.75, 3.05) is 6.61 Å². The molecule has 2 rings (SSSR count). The lowest BCUT2D eigenvalue weighted by molar-refractivity contribution is -0.133. The molecule has 7 heteroatoms. The van der Waals surface area contributed by atoms with Gasteiger partial charge in [0.15, 0.2) is 11.5 Å². The summed E-state index contributed by atoms with van der Waals surface area (Å²) in [5.74, 6) is -1.21. The Morgan fingerprint density at radius 2 is 1.92 bits per heavy atom. The van der Waals surface area contributed by atoms with Gasteiger partial charge in [0.25, 0.3) is 11.8 Å². The largest absolute Gasteiger partial charge is 0.504 e. The van der Waals surface area contributed by atoms with Crippen molar-refractivity contribution >= 4 is 23.9 Å². The third kappa shape index (κ3) is 3.40. The zero-order valence-corrected chi connectivity index (χ0v) is 14.0. The maximum Gasteiger partial charge on any atom is 0.331 e. The lowest BCUT2D eigenvalue weighted by atomic mass is 10.0. The van der Waals surface area contributed by atoms with Crippen molar-refractivity contribution in [3.05, 3.63) is 29.3 Å². The van der Waals surface area contributed by atoms with Crippen molar-refractivity contribution in [3.63, 3.8) is 0 Å². The Bertz CT molecular complexity index is 731. The van der Waals surface area contributed by atoms with Gasteiger partial charge in [-0.05, 0) is 51.5 Å². The highest BCUT2D eigenvalue weighted by Gasteiger charge is 2.41. The topological polar surface area (TPSA) is 95.9 Å². The number of aromatic hydroxyl groups is 1. The van der Waals surface area contributed by atoms with Crippen molar-refractivity contribution < 1.29 is 24.2 Å². The zero-order chi connectivity index (χ0) is 18.1. The van der Waals surface area contributed by atoms with Crippen LogP contribution in [0.5, 0.6) is 11.5 Å². The van der Waals surface area contributed by atoms with Gasteiger partial charge in [0.1, 0.15) is 5.57 Å². The number of phenols is 1. The van der Waals surface area contributed by atoms with Gasteiger partial charge in [-0.25, -0.2) is 4.79 Å². The number of hydrogen-bond donors (Lipinski definition) is 2. The first-order valence-corrected chi connectivity index (χ1v) is 7.52. The summed E-state index contributed by atoms with van der Waals surface area (Å²) in [5.41, 5.74) is -0.428. The van der Waals surface area contributed by atoms with Crippen LogP contribution in [-0.2, 0) is 9.59 Å². The number of nitrogens with one attached hydrogen (secondary N) is 1. The minimum Gasteiger partial charge on any atom is -0.504 e. The second-order valence-corrected chi connectivity index (χ2v) is 6.29. The molecule has 0 aromatic heterocycles. The van der Waals surface area contributed by atoms with E-state index < -0.39 is 23.4 Å². The molecule has 1 saturated heterocycles. The van der Waals surface area contributed by atoms with E-state index in [4.69, 9.17) is 4.74 Å². The molecule has 24 heavy (non-hydrogen) atoms. The molecule has 1 heterocycles. The van der Waals surface area contributed by atoms with E-state index in [0.29, 0.717) is 12.2 Å². The number of nitrogens with zero attached hydrogens (tertiary/aromatic N) is 1. The third-order valence-electron chi connectivity index (χ3n) is 3.37. The first kappa shape index (κ1) is 17.5. The summed E-state index contributed by atoms with van der Waals surface area (Å²) in [5, 5.41) is 11.9. The summed E-state index contributed by atoms with van der Waals surface area (Å²) >= 11 is 0. The molecule has 1 aliphatic rings. The molecule has 0 spiro atoms. The Morgan fingerprint density at radius 1 is 1.25 bits per heavy atom. The predicted octanol–water partition coefficient (Wildman–Crippen LogP) is 2.05. The second kappa shape index (κ2) is 6.35. The van der Waals surface area contributed by atoms with Crippen LogP contribution in [0.4, 0.5) is 4.79 Å². The normalized spacial score (nSPS) is 17.2. The maximum atomic E-state index is 12.6. The van der Waals surface area contributed by atoms with Crippen molar-refractivity contribution in [3.8, 4) is 11.5 Å². The van der Waals surface area contributed by atoms with Crippen LogP contribution in [-0.4, -0.2) is 40.0 Å². The first-order chi connectivity index (χ1) is 11.1. The van der Waals surface area contributed by atoms with Crippen molar-refractivity contribution in [2.45, 2.75) is 33.2 Å². The number of amides is 4. The molecule has 0 bridgehead atoms. The van der Waals surface area contributed by atoms with Crippen LogP contribution in [0.25, 0.3) is 6.08 Å². The summed E-state index contributed by atoms with van der Waals surface area (Å²) in [4.78, 5) is 37.6. The molecule has 128 valence electrons. The van der Waals surface area contributed by atoms with Gasteiger partial charge in [0.2, 0.25) is 0 Å². The average Bonchev–Trinajstić information content (AvgIpc) is 2.45. The van der Waals surface area contributed by atoms with Crippen LogP contribution in [0.1, 0.15) is 33.3 Å². The molecular weight excluding hydrogens is 312 g/mol. The molecule has 0 radical (unpaired) electrons. The van der Waals surface area contributed by atoms with Gasteiger partial charge >= 0.3 is 6.03 Å². The van der Waals surface area contributed by atoms with Crippen LogP contribution >= 0.6 is 0 Å². The number of rotatable bonds is 3. The van der Waals surface area contributed by atoms with Crippen molar-refractivity contribution in [1.29, 1.82) is 0 Å². The van der Waals surface area contributed by atoms with E-state index in [1.54, 1.807) is 33.8 Å². The number of hydrogen-bond acceptors (Lipinski definition) is 5. The molecule has 1 aliphatic heterocycles. The van der Waals surface area contributed by atoms with E-state index >= 15 is 0 Å².